The first-order chi connectivity index (χ1) is 13.0. The first-order valence-corrected chi connectivity index (χ1v) is 8.48. The fraction of sp³-hybridized carbons (Fsp3) is 0.333. The van der Waals surface area contributed by atoms with Crippen LogP contribution in [-0.2, 0) is 4.74 Å². The van der Waals surface area contributed by atoms with Gasteiger partial charge in [-0.2, -0.15) is 0 Å². The number of hydrogen-bond donors (Lipinski definition) is 2. The lowest BCUT2D eigenvalue weighted by Gasteiger charge is -2.26. The van der Waals surface area contributed by atoms with Crippen molar-refractivity contribution in [3.8, 4) is 0 Å². The predicted octanol–water partition coefficient (Wildman–Crippen LogP) is 2.50. The van der Waals surface area contributed by atoms with E-state index >= 15 is 0 Å². The van der Waals surface area contributed by atoms with Gasteiger partial charge in [-0.3, -0.25) is 14.7 Å². The lowest BCUT2D eigenvalue weighted by molar-refractivity contribution is 0.0398. The van der Waals surface area contributed by atoms with Gasteiger partial charge in [-0.05, 0) is 18.2 Å². The van der Waals surface area contributed by atoms with Crippen LogP contribution in [0.1, 0.15) is 10.4 Å². The molecule has 1 aromatic carbocycles. The molecule has 0 saturated carbocycles. The molecule has 1 aliphatic rings. The fourth-order valence-corrected chi connectivity index (χ4v) is 2.66. The molecule has 1 aliphatic heterocycles. The quantitative estimate of drug-likeness (QED) is 0.754. The maximum absolute atomic E-state index is 13.7. The lowest BCUT2D eigenvalue weighted by atomic mass is 10.2. The van der Waals surface area contributed by atoms with Crippen LogP contribution in [0.15, 0.2) is 30.6 Å². The highest BCUT2D eigenvalue weighted by Gasteiger charge is 2.16. The van der Waals surface area contributed by atoms with Crippen LogP contribution in [0, 0.1) is 17.5 Å². The summed E-state index contributed by atoms with van der Waals surface area (Å²) in [5.74, 6) is -5.08. The van der Waals surface area contributed by atoms with E-state index in [1.807, 2.05) is 0 Å². The van der Waals surface area contributed by atoms with Crippen molar-refractivity contribution in [2.45, 2.75) is 0 Å². The topological polar surface area (TPSA) is 66.5 Å². The van der Waals surface area contributed by atoms with Crippen LogP contribution >= 0.6 is 0 Å². The van der Waals surface area contributed by atoms with Gasteiger partial charge in [0.2, 0.25) is 0 Å². The van der Waals surface area contributed by atoms with E-state index in [0.717, 1.165) is 45.0 Å². The van der Waals surface area contributed by atoms with Gasteiger partial charge in [-0.25, -0.2) is 13.2 Å². The molecule has 0 aliphatic carbocycles. The average molecular weight is 380 g/mol. The number of amides is 1. The second-order valence-electron chi connectivity index (χ2n) is 6.02. The zero-order valence-electron chi connectivity index (χ0n) is 14.5. The van der Waals surface area contributed by atoms with E-state index in [4.69, 9.17) is 4.74 Å². The summed E-state index contributed by atoms with van der Waals surface area (Å²) in [4.78, 5) is 18.5. The van der Waals surface area contributed by atoms with Crippen LogP contribution < -0.4 is 10.6 Å². The lowest BCUT2D eigenvalue weighted by Crippen LogP contribution is -2.39. The van der Waals surface area contributed by atoms with Crippen molar-refractivity contribution < 1.29 is 22.7 Å². The SMILES string of the molecule is O=C(Nc1ccc(F)c(F)c1F)c1cncc(NCCN2CCOCC2)c1. The smallest absolute Gasteiger partial charge is 0.257 e. The number of morpholine rings is 1. The Bertz CT molecular complexity index is 813. The van der Waals surface area contributed by atoms with E-state index in [0.29, 0.717) is 12.2 Å². The number of carbonyl (C=O) groups excluding carboxylic acids is 1. The molecule has 1 saturated heterocycles. The van der Waals surface area contributed by atoms with Crippen LogP contribution in [-0.4, -0.2) is 55.2 Å². The van der Waals surface area contributed by atoms with E-state index < -0.39 is 29.0 Å². The summed E-state index contributed by atoms with van der Waals surface area (Å²) in [6.07, 6.45) is 2.87. The van der Waals surface area contributed by atoms with E-state index in [2.05, 4.69) is 20.5 Å². The number of ether oxygens (including phenoxy) is 1. The molecule has 0 unspecified atom stereocenters. The molecule has 0 radical (unpaired) electrons. The highest BCUT2D eigenvalue weighted by Crippen LogP contribution is 2.20. The minimum atomic E-state index is -1.63. The average Bonchev–Trinajstić information content (AvgIpc) is 2.69. The summed E-state index contributed by atoms with van der Waals surface area (Å²) in [5.41, 5.74) is 0.349. The number of rotatable bonds is 6. The summed E-state index contributed by atoms with van der Waals surface area (Å²) in [7, 11) is 0. The zero-order chi connectivity index (χ0) is 19.2. The van der Waals surface area contributed by atoms with Crippen LogP contribution in [0.4, 0.5) is 24.5 Å². The molecule has 2 N–H and O–H groups in total. The number of halogens is 3. The number of nitrogens with one attached hydrogen (secondary N) is 2. The van der Waals surface area contributed by atoms with E-state index in [-0.39, 0.29) is 5.56 Å². The second-order valence-corrected chi connectivity index (χ2v) is 6.02. The number of benzene rings is 1. The first kappa shape index (κ1) is 19.1. The summed E-state index contributed by atoms with van der Waals surface area (Å²) in [6, 6.07) is 3.26. The van der Waals surface area contributed by atoms with Gasteiger partial charge in [0.1, 0.15) is 0 Å². The van der Waals surface area contributed by atoms with Crippen molar-refractivity contribution in [3.63, 3.8) is 0 Å². The Balaban J connectivity index is 1.59. The number of carbonyl (C=O) groups is 1. The normalized spacial score (nSPS) is 14.8. The molecule has 0 spiro atoms. The number of nitrogens with zero attached hydrogens (tertiary/aromatic N) is 2. The van der Waals surface area contributed by atoms with Crippen LogP contribution in [0.2, 0.25) is 0 Å². The molecule has 2 aromatic rings. The molecular formula is C18H19F3N4O2. The van der Waals surface area contributed by atoms with E-state index in [9.17, 15) is 18.0 Å². The third-order valence-electron chi connectivity index (χ3n) is 4.14. The molecular weight excluding hydrogens is 361 g/mol. The third kappa shape index (κ3) is 4.95. The Labute approximate surface area is 154 Å². The summed E-state index contributed by atoms with van der Waals surface area (Å²) < 4.78 is 45.2. The van der Waals surface area contributed by atoms with E-state index in [1.54, 1.807) is 12.3 Å². The van der Waals surface area contributed by atoms with Gasteiger partial charge < -0.3 is 15.4 Å². The monoisotopic (exact) mass is 380 g/mol. The second kappa shape index (κ2) is 8.83. The van der Waals surface area contributed by atoms with Crippen molar-refractivity contribution in [2.24, 2.45) is 0 Å². The summed E-state index contributed by atoms with van der Waals surface area (Å²) in [6.45, 7) is 4.67. The molecule has 0 atom stereocenters. The third-order valence-corrected chi connectivity index (χ3v) is 4.14. The number of aromatic nitrogens is 1. The molecule has 1 amide bonds. The Morgan fingerprint density at radius 2 is 1.93 bits per heavy atom. The van der Waals surface area contributed by atoms with Crippen LogP contribution in [0.3, 0.4) is 0 Å². The number of anilines is 2. The van der Waals surface area contributed by atoms with Gasteiger partial charge in [-0.1, -0.05) is 0 Å². The van der Waals surface area contributed by atoms with Gasteiger partial charge in [0.25, 0.3) is 5.91 Å². The van der Waals surface area contributed by atoms with Crippen molar-refractivity contribution in [1.82, 2.24) is 9.88 Å². The summed E-state index contributed by atoms with van der Waals surface area (Å²) >= 11 is 0. The standard InChI is InChI=1S/C18H19F3N4O2/c19-14-1-2-15(17(21)16(14)20)24-18(26)12-9-13(11-22-10-12)23-3-4-25-5-7-27-8-6-25/h1-2,9-11,23H,3-8H2,(H,24,26). The van der Waals surface area contributed by atoms with Crippen molar-refractivity contribution in [3.05, 3.63) is 53.6 Å². The van der Waals surface area contributed by atoms with Gasteiger partial charge in [0.15, 0.2) is 17.5 Å². The molecule has 9 heteroatoms. The zero-order valence-corrected chi connectivity index (χ0v) is 14.5. The van der Waals surface area contributed by atoms with Crippen LogP contribution in [0.5, 0.6) is 0 Å². The molecule has 27 heavy (non-hydrogen) atoms. The Hall–Kier alpha value is -2.65. The maximum Gasteiger partial charge on any atom is 0.257 e. The largest absolute Gasteiger partial charge is 0.382 e. The number of hydrogen-bond acceptors (Lipinski definition) is 5. The number of pyridine rings is 1. The van der Waals surface area contributed by atoms with E-state index in [1.165, 1.54) is 6.20 Å². The van der Waals surface area contributed by atoms with Gasteiger partial charge in [-0.15, -0.1) is 0 Å². The van der Waals surface area contributed by atoms with Gasteiger partial charge in [0.05, 0.1) is 30.2 Å². The van der Waals surface area contributed by atoms with Gasteiger partial charge in [0, 0.05) is 38.6 Å². The molecule has 3 rings (SSSR count). The molecule has 1 aromatic heterocycles. The Morgan fingerprint density at radius 1 is 1.15 bits per heavy atom. The van der Waals surface area contributed by atoms with Crippen LogP contribution in [0.25, 0.3) is 0 Å². The maximum atomic E-state index is 13.7. The molecule has 0 bridgehead atoms. The fourth-order valence-electron chi connectivity index (χ4n) is 2.66. The molecule has 6 nitrogen and oxygen atoms in total. The Morgan fingerprint density at radius 3 is 2.70 bits per heavy atom. The highest BCUT2D eigenvalue weighted by molar-refractivity contribution is 6.04. The minimum Gasteiger partial charge on any atom is -0.382 e. The summed E-state index contributed by atoms with van der Waals surface area (Å²) in [5, 5.41) is 5.39. The van der Waals surface area contributed by atoms with Crippen molar-refractivity contribution in [2.75, 3.05) is 50.0 Å². The highest BCUT2D eigenvalue weighted by atomic mass is 19.2. The molecule has 1 fully saturated rings. The van der Waals surface area contributed by atoms with Gasteiger partial charge >= 0.3 is 0 Å². The minimum absolute atomic E-state index is 0.163. The Kier molecular flexibility index (Phi) is 6.25. The molecule has 144 valence electrons. The molecule has 2 heterocycles. The predicted molar refractivity (Wildman–Crippen MR) is 94.3 cm³/mol. The van der Waals surface area contributed by atoms with Crippen molar-refractivity contribution >= 4 is 17.3 Å². The first-order valence-electron chi connectivity index (χ1n) is 8.48. The van der Waals surface area contributed by atoms with Crippen molar-refractivity contribution in [1.29, 1.82) is 0 Å².